The Balaban J connectivity index is 1.69. The molecule has 4 aromatic rings. The van der Waals surface area contributed by atoms with Gasteiger partial charge in [0, 0.05) is 18.9 Å². The molecule has 148 valence electrons. The van der Waals surface area contributed by atoms with Crippen molar-refractivity contribution in [3.8, 4) is 0 Å². The van der Waals surface area contributed by atoms with Crippen LogP contribution in [-0.4, -0.2) is 21.5 Å². The molecule has 5 heteroatoms. The summed E-state index contributed by atoms with van der Waals surface area (Å²) in [7, 11) is 0. The van der Waals surface area contributed by atoms with Gasteiger partial charge in [0.2, 0.25) is 11.9 Å². The fourth-order valence-electron chi connectivity index (χ4n) is 4.24. The van der Waals surface area contributed by atoms with Crippen LogP contribution in [0.15, 0.2) is 103 Å². The monoisotopic (exact) mass is 394 g/mol. The molecule has 1 unspecified atom stereocenters. The highest BCUT2D eigenvalue weighted by atomic mass is 16.2. The Morgan fingerprint density at radius 2 is 1.33 bits per heavy atom. The van der Waals surface area contributed by atoms with Crippen molar-refractivity contribution in [2.24, 2.45) is 0 Å². The maximum absolute atomic E-state index is 13.0. The van der Waals surface area contributed by atoms with E-state index in [9.17, 15) is 4.79 Å². The third-order valence-electron chi connectivity index (χ3n) is 5.66. The van der Waals surface area contributed by atoms with Crippen LogP contribution in [0.4, 0.5) is 5.95 Å². The summed E-state index contributed by atoms with van der Waals surface area (Å²) >= 11 is 0. The first-order chi connectivity index (χ1) is 14.8. The molecule has 1 aliphatic rings. The van der Waals surface area contributed by atoms with Crippen molar-refractivity contribution >= 4 is 11.9 Å². The topological polar surface area (TPSA) is 59.0 Å². The molecule has 5 nitrogen and oxygen atoms in total. The van der Waals surface area contributed by atoms with Gasteiger partial charge in [-0.2, -0.15) is 0 Å². The van der Waals surface area contributed by atoms with Crippen LogP contribution in [0.2, 0.25) is 0 Å². The second kappa shape index (κ2) is 7.61. The van der Waals surface area contributed by atoms with Crippen molar-refractivity contribution in [3.05, 3.63) is 120 Å². The fraction of sp³-hybridized carbons (Fsp3) is 0.120. The van der Waals surface area contributed by atoms with Gasteiger partial charge in [-0.15, -0.1) is 0 Å². The second-order valence-electron chi connectivity index (χ2n) is 7.44. The first kappa shape index (κ1) is 18.3. The maximum atomic E-state index is 13.0. The van der Waals surface area contributed by atoms with Crippen LogP contribution in [0.5, 0.6) is 0 Å². The number of carbonyl (C=O) groups excluding carboxylic acids is 1. The number of hydrogen-bond donors (Lipinski definition) is 2. The number of nitrogens with one attached hydrogen (secondary N) is 2. The number of imidazole rings is 1. The van der Waals surface area contributed by atoms with Crippen LogP contribution in [0, 0.1) is 0 Å². The molecular formula is C25H22N4O. The summed E-state index contributed by atoms with van der Waals surface area (Å²) in [5.74, 6) is 0.503. The van der Waals surface area contributed by atoms with Crippen molar-refractivity contribution in [2.75, 3.05) is 5.32 Å². The number of anilines is 1. The molecule has 0 bridgehead atoms. The Hall–Kier alpha value is -3.70. The number of fused-ring (bicyclic) bond motifs is 1. The average Bonchev–Trinajstić information content (AvgIpc) is 3.26. The fourth-order valence-corrected chi connectivity index (χ4v) is 4.24. The molecule has 1 amide bonds. The molecule has 0 radical (unpaired) electrons. The molecule has 0 spiro atoms. The number of hydrogen-bond acceptors (Lipinski definition) is 3. The minimum absolute atomic E-state index is 0.0825. The molecular weight excluding hydrogens is 372 g/mol. The van der Waals surface area contributed by atoms with Crippen LogP contribution < -0.4 is 10.6 Å². The number of rotatable bonds is 5. The third-order valence-corrected chi connectivity index (χ3v) is 5.66. The Morgan fingerprint density at radius 1 is 0.833 bits per heavy atom. The summed E-state index contributed by atoms with van der Waals surface area (Å²) in [6.07, 6.45) is 3.59. The third kappa shape index (κ3) is 3.09. The predicted molar refractivity (Wildman–Crippen MR) is 117 cm³/mol. The summed E-state index contributed by atoms with van der Waals surface area (Å²) in [6, 6.07) is 30.4. The zero-order chi connectivity index (χ0) is 20.4. The van der Waals surface area contributed by atoms with E-state index >= 15 is 0 Å². The van der Waals surface area contributed by atoms with Crippen molar-refractivity contribution in [2.45, 2.75) is 18.1 Å². The number of carbonyl (C=O) groups is 1. The van der Waals surface area contributed by atoms with Gasteiger partial charge in [-0.05, 0) is 16.7 Å². The molecule has 30 heavy (non-hydrogen) atoms. The van der Waals surface area contributed by atoms with E-state index in [4.69, 9.17) is 0 Å². The van der Waals surface area contributed by atoms with Gasteiger partial charge < -0.3 is 4.57 Å². The number of benzene rings is 3. The van der Waals surface area contributed by atoms with Crippen molar-refractivity contribution < 1.29 is 4.79 Å². The van der Waals surface area contributed by atoms with Gasteiger partial charge in [-0.25, -0.2) is 4.98 Å². The minimum atomic E-state index is -0.691. The van der Waals surface area contributed by atoms with E-state index in [0.29, 0.717) is 12.5 Å². The first-order valence-corrected chi connectivity index (χ1v) is 10.0. The van der Waals surface area contributed by atoms with E-state index in [1.807, 2.05) is 65.4 Å². The van der Waals surface area contributed by atoms with E-state index in [1.165, 1.54) is 0 Å². The summed E-state index contributed by atoms with van der Waals surface area (Å²) < 4.78 is 1.96. The van der Waals surface area contributed by atoms with Crippen LogP contribution in [0.25, 0.3) is 0 Å². The van der Waals surface area contributed by atoms with E-state index in [-0.39, 0.29) is 5.91 Å². The highest BCUT2D eigenvalue weighted by molar-refractivity contribution is 5.95. The quantitative estimate of drug-likeness (QED) is 0.507. The van der Waals surface area contributed by atoms with Crippen LogP contribution in [-0.2, 0) is 16.9 Å². The van der Waals surface area contributed by atoms with Gasteiger partial charge in [0.25, 0.3) is 0 Å². The molecule has 1 aliphatic heterocycles. The van der Waals surface area contributed by atoms with Crippen LogP contribution in [0.3, 0.4) is 0 Å². The molecule has 2 heterocycles. The molecule has 0 aliphatic carbocycles. The normalized spacial score (nSPS) is 16.0. The highest BCUT2D eigenvalue weighted by Gasteiger charge is 2.41. The van der Waals surface area contributed by atoms with E-state index in [0.717, 1.165) is 16.7 Å². The lowest BCUT2D eigenvalue weighted by Gasteiger charge is -2.40. The van der Waals surface area contributed by atoms with Crippen molar-refractivity contribution in [1.29, 1.82) is 0 Å². The Bertz CT molecular complexity index is 1040. The second-order valence-corrected chi connectivity index (χ2v) is 7.44. The van der Waals surface area contributed by atoms with E-state index in [2.05, 4.69) is 52.0 Å². The van der Waals surface area contributed by atoms with Gasteiger partial charge >= 0.3 is 0 Å². The number of aromatic nitrogens is 2. The van der Waals surface area contributed by atoms with Crippen molar-refractivity contribution in [3.63, 3.8) is 0 Å². The lowest BCUT2D eigenvalue weighted by atomic mass is 9.76. The molecule has 0 saturated carbocycles. The molecule has 0 saturated heterocycles. The van der Waals surface area contributed by atoms with Gasteiger partial charge in [-0.1, -0.05) is 91.0 Å². The summed E-state index contributed by atoms with van der Waals surface area (Å²) in [5.41, 5.74) is 2.54. The van der Waals surface area contributed by atoms with Gasteiger partial charge in [0.05, 0.1) is 5.54 Å². The Morgan fingerprint density at radius 3 is 1.83 bits per heavy atom. The first-order valence-electron chi connectivity index (χ1n) is 10.0. The van der Waals surface area contributed by atoms with Crippen LogP contribution >= 0.6 is 0 Å². The molecule has 0 fully saturated rings. The number of amides is 1. The largest absolute Gasteiger partial charge is 0.315 e. The highest BCUT2D eigenvalue weighted by Crippen LogP contribution is 2.37. The SMILES string of the molecule is O=C1Nc2nccn2CC1NC(c1ccccc1)(c1ccccc1)c1ccccc1. The van der Waals surface area contributed by atoms with E-state index in [1.54, 1.807) is 6.20 Å². The summed E-state index contributed by atoms with van der Waals surface area (Å²) in [4.78, 5) is 17.2. The van der Waals surface area contributed by atoms with E-state index < -0.39 is 11.6 Å². The molecule has 5 rings (SSSR count). The lowest BCUT2D eigenvalue weighted by molar-refractivity contribution is -0.119. The zero-order valence-corrected chi connectivity index (χ0v) is 16.4. The number of nitrogens with zero attached hydrogens (tertiary/aromatic N) is 2. The predicted octanol–water partition coefficient (Wildman–Crippen LogP) is 3.79. The summed E-state index contributed by atoms with van der Waals surface area (Å²) in [5, 5.41) is 6.66. The van der Waals surface area contributed by atoms with Gasteiger partial charge in [-0.3, -0.25) is 15.4 Å². The molecule has 1 atom stereocenters. The summed E-state index contributed by atoms with van der Waals surface area (Å²) in [6.45, 7) is 0.509. The standard InChI is InChI=1S/C25H22N4O/c30-23-22(18-29-17-16-26-24(29)27-23)28-25(19-10-4-1-5-11-19,20-12-6-2-7-13-20)21-14-8-3-9-15-21/h1-17,22,28H,18H2,(H,26,27,30). The van der Waals surface area contributed by atoms with Crippen molar-refractivity contribution in [1.82, 2.24) is 14.9 Å². The molecule has 2 N–H and O–H groups in total. The molecule has 1 aromatic heterocycles. The maximum Gasteiger partial charge on any atom is 0.245 e. The van der Waals surface area contributed by atoms with Crippen LogP contribution in [0.1, 0.15) is 16.7 Å². The van der Waals surface area contributed by atoms with Gasteiger partial charge in [0.1, 0.15) is 6.04 Å². The van der Waals surface area contributed by atoms with Gasteiger partial charge in [0.15, 0.2) is 0 Å². The Kier molecular flexibility index (Phi) is 4.65. The smallest absolute Gasteiger partial charge is 0.245 e. The zero-order valence-electron chi connectivity index (χ0n) is 16.4. The average molecular weight is 394 g/mol. The molecule has 3 aromatic carbocycles. The Labute approximate surface area is 175 Å². The minimum Gasteiger partial charge on any atom is -0.315 e. The lowest BCUT2D eigenvalue weighted by Crippen LogP contribution is -2.56.